The quantitative estimate of drug-likeness (QED) is 0.631. The molecule has 0 bridgehead atoms. The number of amides is 1. The highest BCUT2D eigenvalue weighted by molar-refractivity contribution is 6.17. The van der Waals surface area contributed by atoms with Gasteiger partial charge in [0.2, 0.25) is 5.91 Å². The van der Waals surface area contributed by atoms with Crippen molar-refractivity contribution in [3.05, 3.63) is 17.0 Å². The molecule has 0 aromatic carbocycles. The molecular weight excluding hydrogens is 240 g/mol. The normalized spacial score (nSPS) is 12.5. The number of aromatic nitrogens is 1. The van der Waals surface area contributed by atoms with Gasteiger partial charge in [0.15, 0.2) is 0 Å². The second-order valence-electron chi connectivity index (χ2n) is 4.17. The summed E-state index contributed by atoms with van der Waals surface area (Å²) in [4.78, 5) is 11.6. The van der Waals surface area contributed by atoms with Crippen molar-refractivity contribution in [2.75, 3.05) is 5.88 Å². The molecule has 0 radical (unpaired) electrons. The zero-order valence-corrected chi connectivity index (χ0v) is 11.3. The Kier molecular flexibility index (Phi) is 5.48. The Morgan fingerprint density at radius 3 is 2.71 bits per heavy atom. The molecule has 1 amide bonds. The van der Waals surface area contributed by atoms with E-state index in [1.165, 1.54) is 0 Å². The molecule has 0 spiro atoms. The molecular formula is C12H19ClN2O2. The average molecular weight is 259 g/mol. The van der Waals surface area contributed by atoms with Crippen LogP contribution < -0.4 is 5.32 Å². The maximum atomic E-state index is 11.6. The Morgan fingerprint density at radius 1 is 1.47 bits per heavy atom. The van der Waals surface area contributed by atoms with Gasteiger partial charge in [0, 0.05) is 17.9 Å². The first kappa shape index (κ1) is 14.0. The zero-order valence-electron chi connectivity index (χ0n) is 10.5. The van der Waals surface area contributed by atoms with E-state index in [1.54, 1.807) is 0 Å². The molecule has 0 aliphatic rings. The lowest BCUT2D eigenvalue weighted by atomic mass is 10.1. The predicted molar refractivity (Wildman–Crippen MR) is 67.1 cm³/mol. The number of hydrogen-bond acceptors (Lipinski definition) is 3. The van der Waals surface area contributed by atoms with E-state index in [0.29, 0.717) is 12.3 Å². The molecule has 1 unspecified atom stereocenters. The van der Waals surface area contributed by atoms with Crippen LogP contribution in [0.1, 0.15) is 49.2 Å². The Bertz CT molecular complexity index is 357. The first-order chi connectivity index (χ1) is 8.06. The van der Waals surface area contributed by atoms with E-state index in [-0.39, 0.29) is 11.9 Å². The molecule has 0 aliphatic heterocycles. The van der Waals surface area contributed by atoms with Crippen LogP contribution in [0, 0.1) is 13.8 Å². The number of halogens is 1. The number of nitrogens with zero attached hydrogens (tertiary/aromatic N) is 1. The van der Waals surface area contributed by atoms with Crippen molar-refractivity contribution in [2.45, 2.75) is 46.1 Å². The highest BCUT2D eigenvalue weighted by Crippen LogP contribution is 2.20. The van der Waals surface area contributed by atoms with Crippen molar-refractivity contribution in [3.63, 3.8) is 0 Å². The number of carbonyl (C=O) groups excluding carboxylic acids is 1. The van der Waals surface area contributed by atoms with Gasteiger partial charge in [0.1, 0.15) is 5.76 Å². The first-order valence-electron chi connectivity index (χ1n) is 5.84. The third kappa shape index (κ3) is 4.04. The maximum Gasteiger partial charge on any atom is 0.220 e. The topological polar surface area (TPSA) is 55.1 Å². The van der Waals surface area contributed by atoms with Gasteiger partial charge in [-0.3, -0.25) is 4.79 Å². The Balaban J connectivity index is 2.49. The highest BCUT2D eigenvalue weighted by Gasteiger charge is 2.17. The third-order valence-corrected chi connectivity index (χ3v) is 2.95. The number of nitrogens with one attached hydrogen (secondary N) is 1. The predicted octanol–water partition coefficient (Wildman–Crippen LogP) is 2.88. The van der Waals surface area contributed by atoms with Crippen molar-refractivity contribution in [1.29, 1.82) is 0 Å². The molecule has 1 aromatic heterocycles. The summed E-state index contributed by atoms with van der Waals surface area (Å²) in [6, 6.07) is -0.0650. The Hall–Kier alpha value is -1.03. The fourth-order valence-electron chi connectivity index (χ4n) is 1.87. The van der Waals surface area contributed by atoms with Gasteiger partial charge >= 0.3 is 0 Å². The van der Waals surface area contributed by atoms with E-state index in [1.807, 2.05) is 20.8 Å². The van der Waals surface area contributed by atoms with Crippen LogP contribution in [-0.4, -0.2) is 16.9 Å². The third-order valence-electron chi connectivity index (χ3n) is 2.69. The van der Waals surface area contributed by atoms with Crippen LogP contribution in [0.3, 0.4) is 0 Å². The molecule has 0 aliphatic carbocycles. The summed E-state index contributed by atoms with van der Waals surface area (Å²) < 4.78 is 5.08. The van der Waals surface area contributed by atoms with Crippen molar-refractivity contribution in [3.8, 4) is 0 Å². The van der Waals surface area contributed by atoms with Crippen LogP contribution in [0.25, 0.3) is 0 Å². The lowest BCUT2D eigenvalue weighted by molar-refractivity contribution is -0.121. The SMILES string of the molecule is Cc1noc(C)c1C(C)NC(=O)CCCCCl. The van der Waals surface area contributed by atoms with E-state index in [4.69, 9.17) is 16.1 Å². The van der Waals surface area contributed by atoms with Crippen LogP contribution in [0.15, 0.2) is 4.52 Å². The second kappa shape index (κ2) is 6.64. The first-order valence-corrected chi connectivity index (χ1v) is 6.37. The van der Waals surface area contributed by atoms with Crippen molar-refractivity contribution in [2.24, 2.45) is 0 Å². The van der Waals surface area contributed by atoms with E-state index >= 15 is 0 Å². The van der Waals surface area contributed by atoms with Gasteiger partial charge in [-0.1, -0.05) is 5.16 Å². The van der Waals surface area contributed by atoms with Crippen molar-refractivity contribution >= 4 is 17.5 Å². The minimum Gasteiger partial charge on any atom is -0.361 e. The molecule has 1 heterocycles. The molecule has 4 nitrogen and oxygen atoms in total. The molecule has 1 atom stereocenters. The molecule has 0 saturated heterocycles. The fourth-order valence-corrected chi connectivity index (χ4v) is 2.06. The van der Waals surface area contributed by atoms with Gasteiger partial charge in [-0.05, 0) is 33.6 Å². The fraction of sp³-hybridized carbons (Fsp3) is 0.667. The van der Waals surface area contributed by atoms with E-state index in [2.05, 4.69) is 10.5 Å². The minimum absolute atomic E-state index is 0.0441. The monoisotopic (exact) mass is 258 g/mol. The lowest BCUT2D eigenvalue weighted by Gasteiger charge is -2.13. The van der Waals surface area contributed by atoms with Crippen molar-refractivity contribution < 1.29 is 9.32 Å². The maximum absolute atomic E-state index is 11.6. The molecule has 5 heteroatoms. The van der Waals surface area contributed by atoms with E-state index in [9.17, 15) is 4.79 Å². The van der Waals surface area contributed by atoms with Gasteiger partial charge in [-0.25, -0.2) is 0 Å². The van der Waals surface area contributed by atoms with Gasteiger partial charge in [-0.15, -0.1) is 11.6 Å². The number of rotatable bonds is 6. The lowest BCUT2D eigenvalue weighted by Crippen LogP contribution is -2.26. The van der Waals surface area contributed by atoms with Crippen LogP contribution >= 0.6 is 11.6 Å². The molecule has 1 aromatic rings. The van der Waals surface area contributed by atoms with Crippen LogP contribution in [-0.2, 0) is 4.79 Å². The number of unbranched alkanes of at least 4 members (excludes halogenated alkanes) is 1. The van der Waals surface area contributed by atoms with Crippen molar-refractivity contribution in [1.82, 2.24) is 10.5 Å². The minimum atomic E-state index is -0.0650. The van der Waals surface area contributed by atoms with Gasteiger partial charge in [0.05, 0.1) is 11.7 Å². The summed E-state index contributed by atoms with van der Waals surface area (Å²) in [5, 5.41) is 6.82. The molecule has 17 heavy (non-hydrogen) atoms. The van der Waals surface area contributed by atoms with Crippen LogP contribution in [0.4, 0.5) is 0 Å². The molecule has 1 N–H and O–H groups in total. The standard InChI is InChI=1S/C12H19ClN2O2/c1-8(12-9(2)15-17-10(12)3)14-11(16)6-4-5-7-13/h8H,4-7H2,1-3H3,(H,14,16). The second-order valence-corrected chi connectivity index (χ2v) is 4.55. The molecule has 0 fully saturated rings. The summed E-state index contributed by atoms with van der Waals surface area (Å²) in [6.07, 6.45) is 2.21. The highest BCUT2D eigenvalue weighted by atomic mass is 35.5. The van der Waals surface area contributed by atoms with Crippen LogP contribution in [0.2, 0.25) is 0 Å². The van der Waals surface area contributed by atoms with Crippen LogP contribution in [0.5, 0.6) is 0 Å². The van der Waals surface area contributed by atoms with E-state index < -0.39 is 0 Å². The molecule has 0 saturated carbocycles. The molecule has 96 valence electrons. The Labute approximate surface area is 107 Å². The number of carbonyl (C=O) groups is 1. The average Bonchev–Trinajstić information content (AvgIpc) is 2.58. The summed E-state index contributed by atoms with van der Waals surface area (Å²) in [5.41, 5.74) is 1.80. The smallest absolute Gasteiger partial charge is 0.220 e. The molecule has 1 rings (SSSR count). The summed E-state index contributed by atoms with van der Waals surface area (Å²) in [6.45, 7) is 5.67. The summed E-state index contributed by atoms with van der Waals surface area (Å²) in [5.74, 6) is 1.41. The van der Waals surface area contributed by atoms with E-state index in [0.717, 1.165) is 29.9 Å². The number of alkyl halides is 1. The number of hydrogen-bond donors (Lipinski definition) is 1. The largest absolute Gasteiger partial charge is 0.361 e. The van der Waals surface area contributed by atoms with Gasteiger partial charge < -0.3 is 9.84 Å². The number of aryl methyl sites for hydroxylation is 2. The van der Waals surface area contributed by atoms with Gasteiger partial charge in [0.25, 0.3) is 0 Å². The zero-order chi connectivity index (χ0) is 12.8. The van der Waals surface area contributed by atoms with Gasteiger partial charge in [-0.2, -0.15) is 0 Å². The summed E-state index contributed by atoms with van der Waals surface area (Å²) in [7, 11) is 0. The Morgan fingerprint density at radius 2 is 2.18 bits per heavy atom. The summed E-state index contributed by atoms with van der Waals surface area (Å²) >= 11 is 5.56.